The fraction of sp³-hybridized carbons (Fsp3) is 0.333. The second kappa shape index (κ2) is 9.21. The van der Waals surface area contributed by atoms with Crippen LogP contribution in [0.4, 0.5) is 0 Å². The molecule has 1 aliphatic rings. The normalized spacial score (nSPS) is 16.0. The van der Waals surface area contributed by atoms with Gasteiger partial charge < -0.3 is 15.0 Å². The van der Waals surface area contributed by atoms with Crippen LogP contribution in [0.5, 0.6) is 0 Å². The van der Waals surface area contributed by atoms with E-state index < -0.39 is 0 Å². The number of guanidine groups is 1. The van der Waals surface area contributed by atoms with Crippen LogP contribution in [0, 0.1) is 0 Å². The number of imidazole rings is 1. The number of hydrogen-bond donors (Lipinski definition) is 2. The maximum absolute atomic E-state index is 4.63. The number of pyridine rings is 1. The molecule has 0 saturated heterocycles. The number of benzene rings is 1. The number of nitrogens with one attached hydrogen (secondary N) is 2. The quantitative estimate of drug-likeness (QED) is 0.338. The highest BCUT2D eigenvalue weighted by molar-refractivity contribution is 14.0. The molecule has 142 valence electrons. The van der Waals surface area contributed by atoms with Gasteiger partial charge in [0.05, 0.1) is 5.69 Å². The number of aliphatic imine (C=N–C) groups is 1. The van der Waals surface area contributed by atoms with Gasteiger partial charge in [0.1, 0.15) is 5.65 Å². The Kier molecular flexibility index (Phi) is 6.71. The van der Waals surface area contributed by atoms with Crippen molar-refractivity contribution >= 4 is 35.6 Å². The summed E-state index contributed by atoms with van der Waals surface area (Å²) in [5.41, 5.74) is 5.06. The third kappa shape index (κ3) is 4.61. The summed E-state index contributed by atoms with van der Waals surface area (Å²) in [6, 6.07) is 14.8. The number of aromatic nitrogens is 2. The third-order valence-electron chi connectivity index (χ3n) is 5.08. The molecule has 0 aliphatic heterocycles. The minimum absolute atomic E-state index is 0. The van der Waals surface area contributed by atoms with Crippen molar-refractivity contribution < 1.29 is 0 Å². The molecule has 6 heteroatoms. The Hall–Kier alpha value is -2.09. The molecular weight excluding hydrogens is 449 g/mol. The fourth-order valence-corrected chi connectivity index (χ4v) is 3.71. The van der Waals surface area contributed by atoms with Crippen molar-refractivity contribution in [3.8, 4) is 0 Å². The first kappa shape index (κ1) is 19.7. The van der Waals surface area contributed by atoms with Crippen LogP contribution in [0.3, 0.4) is 0 Å². The van der Waals surface area contributed by atoms with Crippen LogP contribution >= 0.6 is 24.0 Å². The van der Waals surface area contributed by atoms with Crippen molar-refractivity contribution in [2.24, 2.45) is 4.99 Å². The molecule has 0 radical (unpaired) electrons. The molecule has 2 N–H and O–H groups in total. The molecule has 0 spiro atoms. The van der Waals surface area contributed by atoms with E-state index in [2.05, 4.69) is 55.5 Å². The van der Waals surface area contributed by atoms with E-state index in [0.717, 1.165) is 36.8 Å². The van der Waals surface area contributed by atoms with Gasteiger partial charge in [-0.25, -0.2) is 4.98 Å². The summed E-state index contributed by atoms with van der Waals surface area (Å²) >= 11 is 0. The number of hydrogen-bond acceptors (Lipinski definition) is 2. The fourth-order valence-electron chi connectivity index (χ4n) is 3.71. The summed E-state index contributed by atoms with van der Waals surface area (Å²) < 4.78 is 2.06. The Morgan fingerprint density at radius 2 is 2.04 bits per heavy atom. The van der Waals surface area contributed by atoms with Gasteiger partial charge in [-0.2, -0.15) is 0 Å². The topological polar surface area (TPSA) is 53.7 Å². The van der Waals surface area contributed by atoms with Gasteiger partial charge in [0.2, 0.25) is 0 Å². The lowest BCUT2D eigenvalue weighted by atomic mass is 10.0. The molecule has 0 saturated carbocycles. The van der Waals surface area contributed by atoms with Gasteiger partial charge in [0.25, 0.3) is 0 Å². The lowest BCUT2D eigenvalue weighted by molar-refractivity contribution is 0.641. The van der Waals surface area contributed by atoms with E-state index in [4.69, 9.17) is 0 Å². The predicted octanol–water partition coefficient (Wildman–Crippen LogP) is 3.39. The molecule has 2 aromatic heterocycles. The molecule has 2 heterocycles. The zero-order valence-electron chi connectivity index (χ0n) is 15.6. The van der Waals surface area contributed by atoms with Crippen LogP contribution in [-0.2, 0) is 12.8 Å². The molecular formula is C21H26IN5. The van der Waals surface area contributed by atoms with Crippen LogP contribution in [-0.4, -0.2) is 35.5 Å². The SMILES string of the molecule is CN=C(NCCc1cn2ccccc2n1)NCC1CCc2ccccc21.I. The monoisotopic (exact) mass is 475 g/mol. The number of nitrogens with zero attached hydrogens (tertiary/aromatic N) is 3. The van der Waals surface area contributed by atoms with E-state index in [1.807, 2.05) is 31.4 Å². The minimum atomic E-state index is 0. The maximum atomic E-state index is 4.63. The number of fused-ring (bicyclic) bond motifs is 2. The van der Waals surface area contributed by atoms with Gasteiger partial charge >= 0.3 is 0 Å². The van der Waals surface area contributed by atoms with Crippen LogP contribution in [0.2, 0.25) is 0 Å². The van der Waals surface area contributed by atoms with Gasteiger partial charge in [-0.15, -0.1) is 24.0 Å². The summed E-state index contributed by atoms with van der Waals surface area (Å²) in [4.78, 5) is 8.98. The van der Waals surface area contributed by atoms with E-state index in [1.54, 1.807) is 0 Å². The van der Waals surface area contributed by atoms with E-state index in [0.29, 0.717) is 5.92 Å². The Balaban J connectivity index is 0.00000210. The zero-order valence-corrected chi connectivity index (χ0v) is 17.9. The van der Waals surface area contributed by atoms with Crippen molar-refractivity contribution in [1.29, 1.82) is 0 Å². The molecule has 0 bridgehead atoms. The van der Waals surface area contributed by atoms with E-state index in [1.165, 1.54) is 24.0 Å². The summed E-state index contributed by atoms with van der Waals surface area (Å²) in [5.74, 6) is 1.43. The van der Waals surface area contributed by atoms with Crippen molar-refractivity contribution in [2.75, 3.05) is 20.1 Å². The van der Waals surface area contributed by atoms with Crippen molar-refractivity contribution in [1.82, 2.24) is 20.0 Å². The largest absolute Gasteiger partial charge is 0.356 e. The Labute approximate surface area is 177 Å². The molecule has 1 aliphatic carbocycles. The number of aryl methyl sites for hydroxylation is 1. The molecule has 0 fully saturated rings. The summed E-state index contributed by atoms with van der Waals surface area (Å²) in [6.07, 6.45) is 7.38. The highest BCUT2D eigenvalue weighted by Crippen LogP contribution is 2.32. The minimum Gasteiger partial charge on any atom is -0.356 e. The van der Waals surface area contributed by atoms with E-state index in [-0.39, 0.29) is 24.0 Å². The first-order valence-corrected chi connectivity index (χ1v) is 9.28. The Morgan fingerprint density at radius 3 is 2.89 bits per heavy atom. The molecule has 3 aromatic rings. The zero-order chi connectivity index (χ0) is 17.8. The smallest absolute Gasteiger partial charge is 0.191 e. The van der Waals surface area contributed by atoms with Gasteiger partial charge in [-0.05, 0) is 36.1 Å². The molecule has 5 nitrogen and oxygen atoms in total. The summed E-state index contributed by atoms with van der Waals surface area (Å²) in [7, 11) is 1.82. The van der Waals surface area contributed by atoms with Crippen molar-refractivity contribution in [3.63, 3.8) is 0 Å². The Bertz CT molecular complexity index is 885. The number of rotatable bonds is 5. The second-order valence-corrected chi connectivity index (χ2v) is 6.76. The summed E-state index contributed by atoms with van der Waals surface area (Å²) in [6.45, 7) is 1.73. The molecule has 27 heavy (non-hydrogen) atoms. The third-order valence-corrected chi connectivity index (χ3v) is 5.08. The molecule has 1 unspecified atom stereocenters. The van der Waals surface area contributed by atoms with Crippen LogP contribution in [0.15, 0.2) is 59.9 Å². The van der Waals surface area contributed by atoms with Crippen LogP contribution in [0.1, 0.15) is 29.2 Å². The van der Waals surface area contributed by atoms with Crippen molar-refractivity contribution in [3.05, 3.63) is 71.7 Å². The maximum Gasteiger partial charge on any atom is 0.191 e. The lowest BCUT2D eigenvalue weighted by Gasteiger charge is -2.16. The number of halogens is 1. The highest BCUT2D eigenvalue weighted by Gasteiger charge is 2.21. The Morgan fingerprint density at radius 1 is 1.19 bits per heavy atom. The van der Waals surface area contributed by atoms with Gasteiger partial charge in [0, 0.05) is 44.9 Å². The molecule has 4 rings (SSSR count). The van der Waals surface area contributed by atoms with Gasteiger partial charge in [-0.1, -0.05) is 30.3 Å². The van der Waals surface area contributed by atoms with Crippen LogP contribution < -0.4 is 10.6 Å². The second-order valence-electron chi connectivity index (χ2n) is 6.76. The first-order valence-electron chi connectivity index (χ1n) is 9.28. The summed E-state index contributed by atoms with van der Waals surface area (Å²) in [5, 5.41) is 6.88. The van der Waals surface area contributed by atoms with E-state index >= 15 is 0 Å². The van der Waals surface area contributed by atoms with Crippen LogP contribution in [0.25, 0.3) is 5.65 Å². The van der Waals surface area contributed by atoms with E-state index in [9.17, 15) is 0 Å². The standard InChI is InChI=1S/C21H25N5.HI/c1-22-21(24-14-17-10-9-16-6-2-3-7-19(16)17)23-12-11-18-15-26-13-5-4-8-20(26)25-18;/h2-8,13,15,17H,9-12,14H2,1H3,(H2,22,23,24);1H. The highest BCUT2D eigenvalue weighted by atomic mass is 127. The molecule has 1 aromatic carbocycles. The van der Waals surface area contributed by atoms with Gasteiger partial charge in [-0.3, -0.25) is 4.99 Å². The predicted molar refractivity (Wildman–Crippen MR) is 121 cm³/mol. The van der Waals surface area contributed by atoms with Crippen molar-refractivity contribution in [2.45, 2.75) is 25.2 Å². The van der Waals surface area contributed by atoms with Gasteiger partial charge in [0.15, 0.2) is 5.96 Å². The molecule has 0 amide bonds. The average Bonchev–Trinajstić information content (AvgIpc) is 3.28. The average molecular weight is 475 g/mol. The molecule has 1 atom stereocenters. The lowest BCUT2D eigenvalue weighted by Crippen LogP contribution is -2.40. The first-order chi connectivity index (χ1) is 12.8.